The molecule has 29 heavy (non-hydrogen) atoms. The van der Waals surface area contributed by atoms with E-state index in [1.807, 2.05) is 36.6 Å². The molecule has 3 heterocycles. The summed E-state index contributed by atoms with van der Waals surface area (Å²) in [6, 6.07) is 8.50. The summed E-state index contributed by atoms with van der Waals surface area (Å²) in [6.07, 6.45) is 3.36. The normalized spacial score (nSPS) is 21.9. The molecular weight excluding hydrogens is 368 g/mol. The first kappa shape index (κ1) is 19.6. The number of nitrogens with zero attached hydrogens (tertiary/aromatic N) is 4. The Morgan fingerprint density at radius 1 is 1.17 bits per heavy atom. The molecule has 2 aromatic rings. The second-order valence-electron chi connectivity index (χ2n) is 8.17. The van der Waals surface area contributed by atoms with E-state index >= 15 is 0 Å². The van der Waals surface area contributed by atoms with Gasteiger partial charge in [-0.15, -0.1) is 0 Å². The van der Waals surface area contributed by atoms with Gasteiger partial charge in [-0.3, -0.25) is 9.59 Å². The molecule has 1 aromatic carbocycles. The standard InChI is InChI=1S/C22H28N4O3/c1-15(2)26-14-23-18-10-12-25(21(28)16-7-4-3-5-8-16)20(19(18)26)22(29)24-11-6-9-17(27)13-24/h3-5,7-8,14-15,17,20,27H,6,9-13H2,1-2H3/t17-,20-/m0/s1. The zero-order chi connectivity index (χ0) is 20.5. The van der Waals surface area contributed by atoms with Crippen LogP contribution in [0.1, 0.15) is 60.5 Å². The maximum absolute atomic E-state index is 13.7. The number of amides is 2. The Labute approximate surface area is 170 Å². The van der Waals surface area contributed by atoms with Crippen molar-refractivity contribution in [2.24, 2.45) is 0 Å². The van der Waals surface area contributed by atoms with Crippen molar-refractivity contribution in [3.63, 3.8) is 0 Å². The van der Waals surface area contributed by atoms with Gasteiger partial charge in [-0.1, -0.05) is 18.2 Å². The summed E-state index contributed by atoms with van der Waals surface area (Å²) < 4.78 is 2.00. The van der Waals surface area contributed by atoms with Crippen LogP contribution in [0.2, 0.25) is 0 Å². The highest BCUT2D eigenvalue weighted by Gasteiger charge is 2.42. The largest absolute Gasteiger partial charge is 0.391 e. The Morgan fingerprint density at radius 2 is 1.93 bits per heavy atom. The second kappa shape index (κ2) is 7.99. The number of carbonyl (C=O) groups excluding carboxylic acids is 2. The maximum Gasteiger partial charge on any atom is 0.254 e. The van der Waals surface area contributed by atoms with E-state index in [4.69, 9.17) is 0 Å². The lowest BCUT2D eigenvalue weighted by molar-refractivity contribution is -0.140. The number of aromatic nitrogens is 2. The molecule has 0 spiro atoms. The van der Waals surface area contributed by atoms with E-state index in [2.05, 4.69) is 4.98 Å². The van der Waals surface area contributed by atoms with Gasteiger partial charge in [0.2, 0.25) is 0 Å². The van der Waals surface area contributed by atoms with Crippen molar-refractivity contribution in [2.75, 3.05) is 19.6 Å². The van der Waals surface area contributed by atoms with Crippen LogP contribution in [0.3, 0.4) is 0 Å². The number of β-amino-alcohol motifs (C(OH)–C–C–N with tert-alkyl or cyclic N) is 1. The van der Waals surface area contributed by atoms with Gasteiger partial charge in [0.15, 0.2) is 6.04 Å². The molecule has 2 aliphatic rings. The second-order valence-corrected chi connectivity index (χ2v) is 8.17. The molecule has 0 saturated carbocycles. The van der Waals surface area contributed by atoms with Crippen molar-refractivity contribution in [3.05, 3.63) is 53.6 Å². The molecule has 1 aromatic heterocycles. The number of piperidine rings is 1. The van der Waals surface area contributed by atoms with Gasteiger partial charge < -0.3 is 19.5 Å². The summed E-state index contributed by atoms with van der Waals surface area (Å²) >= 11 is 0. The molecule has 0 bridgehead atoms. The topological polar surface area (TPSA) is 78.7 Å². The number of carbonyl (C=O) groups is 2. The minimum Gasteiger partial charge on any atom is -0.391 e. The summed E-state index contributed by atoms with van der Waals surface area (Å²) in [6.45, 7) is 5.46. The van der Waals surface area contributed by atoms with Crippen LogP contribution in [0, 0.1) is 0 Å². The highest BCUT2D eigenvalue weighted by molar-refractivity contribution is 5.98. The first-order chi connectivity index (χ1) is 14.0. The average Bonchev–Trinajstić information content (AvgIpc) is 3.17. The molecule has 7 heteroatoms. The van der Waals surface area contributed by atoms with Gasteiger partial charge in [-0.05, 0) is 38.8 Å². The third-order valence-electron chi connectivity index (χ3n) is 5.85. The quantitative estimate of drug-likeness (QED) is 0.863. The van der Waals surface area contributed by atoms with E-state index in [1.165, 1.54) is 0 Å². The molecule has 1 saturated heterocycles. The van der Waals surface area contributed by atoms with Gasteiger partial charge in [0.05, 0.1) is 23.8 Å². The average molecular weight is 396 g/mol. The van der Waals surface area contributed by atoms with Gasteiger partial charge >= 0.3 is 0 Å². The zero-order valence-electron chi connectivity index (χ0n) is 17.0. The molecule has 154 valence electrons. The van der Waals surface area contributed by atoms with Gasteiger partial charge in [-0.25, -0.2) is 4.98 Å². The minimum atomic E-state index is -0.721. The van der Waals surface area contributed by atoms with Crippen LogP contribution in [-0.2, 0) is 11.2 Å². The highest BCUT2D eigenvalue weighted by Crippen LogP contribution is 2.34. The lowest BCUT2D eigenvalue weighted by Gasteiger charge is -2.40. The molecule has 0 radical (unpaired) electrons. The Morgan fingerprint density at radius 3 is 2.62 bits per heavy atom. The fraction of sp³-hybridized carbons (Fsp3) is 0.500. The van der Waals surface area contributed by atoms with Crippen molar-refractivity contribution in [3.8, 4) is 0 Å². The summed E-state index contributed by atoms with van der Waals surface area (Å²) in [5.41, 5.74) is 2.26. The molecule has 2 aliphatic heterocycles. The molecule has 0 aliphatic carbocycles. The Balaban J connectivity index is 1.75. The number of likely N-dealkylation sites (tertiary alicyclic amines) is 1. The number of aliphatic hydroxyl groups is 1. The van der Waals surface area contributed by atoms with Crippen molar-refractivity contribution in [1.29, 1.82) is 0 Å². The SMILES string of the molecule is CC(C)n1cnc2c1[C@@H](C(=O)N1CCC[C@H](O)C1)N(C(=O)c1ccccc1)CC2. The number of imidazole rings is 1. The predicted molar refractivity (Wildman–Crippen MR) is 108 cm³/mol. The smallest absolute Gasteiger partial charge is 0.254 e. The van der Waals surface area contributed by atoms with Gasteiger partial charge in [-0.2, -0.15) is 0 Å². The van der Waals surface area contributed by atoms with E-state index in [0.29, 0.717) is 38.0 Å². The van der Waals surface area contributed by atoms with E-state index in [-0.39, 0.29) is 17.9 Å². The number of rotatable bonds is 3. The summed E-state index contributed by atoms with van der Waals surface area (Å²) in [5, 5.41) is 10.1. The maximum atomic E-state index is 13.7. The number of benzene rings is 1. The fourth-order valence-corrected chi connectivity index (χ4v) is 4.36. The third kappa shape index (κ3) is 3.67. The molecule has 2 atom stereocenters. The van der Waals surface area contributed by atoms with Crippen LogP contribution in [0.4, 0.5) is 0 Å². The van der Waals surface area contributed by atoms with Crippen LogP contribution < -0.4 is 0 Å². The van der Waals surface area contributed by atoms with Crippen molar-refractivity contribution < 1.29 is 14.7 Å². The van der Waals surface area contributed by atoms with Crippen LogP contribution in [-0.4, -0.2) is 62.0 Å². The molecule has 1 fully saturated rings. The van der Waals surface area contributed by atoms with Crippen molar-refractivity contribution in [1.82, 2.24) is 19.4 Å². The molecule has 7 nitrogen and oxygen atoms in total. The lowest BCUT2D eigenvalue weighted by atomic mass is 9.97. The Bertz CT molecular complexity index is 893. The number of hydrogen-bond acceptors (Lipinski definition) is 4. The Kier molecular flexibility index (Phi) is 5.41. The Hall–Kier alpha value is -2.67. The summed E-state index contributed by atoms with van der Waals surface area (Å²) in [4.78, 5) is 34.9. The van der Waals surface area contributed by atoms with E-state index in [1.54, 1.807) is 28.3 Å². The monoisotopic (exact) mass is 396 g/mol. The van der Waals surface area contributed by atoms with Gasteiger partial charge in [0.1, 0.15) is 0 Å². The van der Waals surface area contributed by atoms with Crippen molar-refractivity contribution in [2.45, 2.75) is 51.3 Å². The minimum absolute atomic E-state index is 0.125. The van der Waals surface area contributed by atoms with Crippen LogP contribution >= 0.6 is 0 Å². The summed E-state index contributed by atoms with van der Waals surface area (Å²) in [5.74, 6) is -0.278. The van der Waals surface area contributed by atoms with Gasteiger partial charge in [0, 0.05) is 37.7 Å². The van der Waals surface area contributed by atoms with Crippen LogP contribution in [0.5, 0.6) is 0 Å². The lowest BCUT2D eigenvalue weighted by Crippen LogP contribution is -2.52. The first-order valence-electron chi connectivity index (χ1n) is 10.4. The van der Waals surface area contributed by atoms with E-state index < -0.39 is 12.1 Å². The predicted octanol–water partition coefficient (Wildman–Crippen LogP) is 2.19. The molecule has 1 N–H and O–H groups in total. The molecule has 4 rings (SSSR count). The first-order valence-corrected chi connectivity index (χ1v) is 10.4. The number of aliphatic hydroxyl groups excluding tert-OH is 1. The molecule has 0 unspecified atom stereocenters. The van der Waals surface area contributed by atoms with Gasteiger partial charge in [0.25, 0.3) is 11.8 Å². The summed E-state index contributed by atoms with van der Waals surface area (Å²) in [7, 11) is 0. The van der Waals surface area contributed by atoms with Crippen LogP contribution in [0.15, 0.2) is 36.7 Å². The van der Waals surface area contributed by atoms with Crippen LogP contribution in [0.25, 0.3) is 0 Å². The molecule has 2 amide bonds. The van der Waals surface area contributed by atoms with E-state index in [9.17, 15) is 14.7 Å². The third-order valence-corrected chi connectivity index (χ3v) is 5.85. The zero-order valence-corrected chi connectivity index (χ0v) is 17.0. The number of fused-ring (bicyclic) bond motifs is 1. The van der Waals surface area contributed by atoms with Crippen molar-refractivity contribution >= 4 is 11.8 Å². The number of hydrogen-bond donors (Lipinski definition) is 1. The highest BCUT2D eigenvalue weighted by atomic mass is 16.3. The molecular formula is C22H28N4O3. The van der Waals surface area contributed by atoms with E-state index in [0.717, 1.165) is 17.8 Å². The fourth-order valence-electron chi connectivity index (χ4n) is 4.36.